The number of amides is 1. The fourth-order valence-electron chi connectivity index (χ4n) is 2.11. The third kappa shape index (κ3) is 4.05. The van der Waals surface area contributed by atoms with Crippen LogP contribution in [0.1, 0.15) is 22.8 Å². The fraction of sp³-hybridized carbons (Fsp3) is 0.294. The molecule has 1 aromatic carbocycles. The summed E-state index contributed by atoms with van der Waals surface area (Å²) in [5.74, 6) is -0.307. The van der Waals surface area contributed by atoms with Crippen molar-refractivity contribution in [2.75, 3.05) is 6.54 Å². The Kier molecular flexibility index (Phi) is 5.12. The summed E-state index contributed by atoms with van der Waals surface area (Å²) in [5.41, 5.74) is 2.27. The van der Waals surface area contributed by atoms with E-state index in [0.29, 0.717) is 5.56 Å². The van der Waals surface area contributed by atoms with E-state index >= 15 is 0 Å². The number of carbonyl (C=O) groups is 1. The Bertz CT molecular complexity index is 705. The van der Waals surface area contributed by atoms with Gasteiger partial charge >= 0.3 is 0 Å². The normalized spacial score (nSPS) is 12.0. The van der Waals surface area contributed by atoms with E-state index < -0.39 is 6.10 Å². The number of hydrogen-bond donors (Lipinski definition) is 2. The predicted molar refractivity (Wildman–Crippen MR) is 84.6 cm³/mol. The molecule has 0 radical (unpaired) electrons. The Morgan fingerprint density at radius 3 is 2.59 bits per heavy atom. The van der Waals surface area contributed by atoms with Gasteiger partial charge < -0.3 is 15.0 Å². The maximum Gasteiger partial charge on any atom is 0.253 e. The monoisotopic (exact) mass is 300 g/mol. The molecule has 0 aliphatic heterocycles. The number of hydrogen-bond acceptors (Lipinski definition) is 3. The number of nitrogens with zero attached hydrogens (tertiary/aromatic N) is 1. The van der Waals surface area contributed by atoms with Crippen molar-refractivity contribution in [2.24, 2.45) is 0 Å². The van der Waals surface area contributed by atoms with E-state index in [2.05, 4.69) is 5.32 Å². The molecule has 2 rings (SSSR count). The van der Waals surface area contributed by atoms with Crippen LogP contribution in [0.5, 0.6) is 0 Å². The number of aliphatic hydroxyl groups excluding tert-OH is 1. The minimum Gasteiger partial charge on any atom is -0.387 e. The smallest absolute Gasteiger partial charge is 0.253 e. The van der Waals surface area contributed by atoms with Crippen molar-refractivity contribution in [3.8, 4) is 0 Å². The molecule has 0 aliphatic rings. The highest BCUT2D eigenvalue weighted by Crippen LogP contribution is 2.12. The average molecular weight is 300 g/mol. The third-order valence-electron chi connectivity index (χ3n) is 3.48. The molecule has 2 aromatic rings. The number of pyridine rings is 1. The molecule has 0 bridgehead atoms. The Balaban J connectivity index is 1.91. The molecule has 5 nitrogen and oxygen atoms in total. The van der Waals surface area contributed by atoms with Crippen LogP contribution in [0.15, 0.2) is 47.4 Å². The summed E-state index contributed by atoms with van der Waals surface area (Å²) >= 11 is 0. The molecule has 0 fully saturated rings. The predicted octanol–water partition coefficient (Wildman–Crippen LogP) is 1.31. The van der Waals surface area contributed by atoms with Crippen molar-refractivity contribution in [3.05, 3.63) is 69.6 Å². The van der Waals surface area contributed by atoms with Crippen LogP contribution < -0.4 is 10.9 Å². The first-order chi connectivity index (χ1) is 10.5. The number of aryl methyl sites for hydroxylation is 2. The Morgan fingerprint density at radius 1 is 1.23 bits per heavy atom. The van der Waals surface area contributed by atoms with Crippen LogP contribution in [0, 0.1) is 13.8 Å². The standard InChI is InChI=1S/C17H20N2O3/c1-12-5-7-14(8-6-12)15(20)10-18-16(21)11-19-9-3-4-13(2)17(19)22/h3-9,15,20H,10-11H2,1-2H3,(H,18,21). The van der Waals surface area contributed by atoms with Gasteiger partial charge in [0.1, 0.15) is 6.54 Å². The third-order valence-corrected chi connectivity index (χ3v) is 3.48. The average Bonchev–Trinajstić information content (AvgIpc) is 2.50. The van der Waals surface area contributed by atoms with E-state index in [1.807, 2.05) is 31.2 Å². The van der Waals surface area contributed by atoms with E-state index in [9.17, 15) is 14.7 Å². The van der Waals surface area contributed by atoms with Crippen molar-refractivity contribution in [3.63, 3.8) is 0 Å². The number of aromatic nitrogens is 1. The topological polar surface area (TPSA) is 71.3 Å². The lowest BCUT2D eigenvalue weighted by molar-refractivity contribution is -0.122. The van der Waals surface area contributed by atoms with Crippen LogP contribution in [0.25, 0.3) is 0 Å². The summed E-state index contributed by atoms with van der Waals surface area (Å²) in [6.45, 7) is 3.74. The van der Waals surface area contributed by atoms with Crippen LogP contribution in [0.3, 0.4) is 0 Å². The van der Waals surface area contributed by atoms with Crippen LogP contribution in [-0.4, -0.2) is 22.1 Å². The zero-order valence-electron chi connectivity index (χ0n) is 12.7. The van der Waals surface area contributed by atoms with Gasteiger partial charge in [-0.3, -0.25) is 9.59 Å². The molecule has 1 amide bonds. The van der Waals surface area contributed by atoms with Gasteiger partial charge in [-0.05, 0) is 25.5 Å². The van der Waals surface area contributed by atoms with Gasteiger partial charge in [0.25, 0.3) is 5.56 Å². The van der Waals surface area contributed by atoms with Crippen LogP contribution >= 0.6 is 0 Å². The Morgan fingerprint density at radius 2 is 1.91 bits per heavy atom. The highest BCUT2D eigenvalue weighted by Gasteiger charge is 2.10. The van der Waals surface area contributed by atoms with E-state index in [0.717, 1.165) is 11.1 Å². The quantitative estimate of drug-likeness (QED) is 0.874. The minimum absolute atomic E-state index is 0.0544. The van der Waals surface area contributed by atoms with Gasteiger partial charge in [0.05, 0.1) is 6.10 Å². The molecular formula is C17H20N2O3. The zero-order valence-corrected chi connectivity index (χ0v) is 12.7. The summed E-state index contributed by atoms with van der Waals surface area (Å²) in [6.07, 6.45) is 0.810. The number of rotatable bonds is 5. The van der Waals surface area contributed by atoms with E-state index in [4.69, 9.17) is 0 Å². The lowest BCUT2D eigenvalue weighted by Crippen LogP contribution is -2.34. The first-order valence-electron chi connectivity index (χ1n) is 7.15. The molecular weight excluding hydrogens is 280 g/mol. The SMILES string of the molecule is Cc1ccc(C(O)CNC(=O)Cn2cccc(C)c2=O)cc1. The summed E-state index contributed by atoms with van der Waals surface area (Å²) in [5, 5.41) is 12.7. The number of carbonyl (C=O) groups excluding carboxylic acids is 1. The molecule has 1 atom stereocenters. The summed E-state index contributed by atoms with van der Waals surface area (Å²) in [7, 11) is 0. The Hall–Kier alpha value is -2.40. The van der Waals surface area contributed by atoms with Crippen LogP contribution in [0.2, 0.25) is 0 Å². The number of nitrogens with one attached hydrogen (secondary N) is 1. The van der Waals surface area contributed by atoms with Gasteiger partial charge in [0.15, 0.2) is 0 Å². The maximum absolute atomic E-state index is 11.9. The van der Waals surface area contributed by atoms with Gasteiger partial charge in [-0.2, -0.15) is 0 Å². The first-order valence-corrected chi connectivity index (χ1v) is 7.15. The highest BCUT2D eigenvalue weighted by molar-refractivity contribution is 5.75. The molecule has 0 saturated heterocycles. The first kappa shape index (κ1) is 16.0. The molecule has 22 heavy (non-hydrogen) atoms. The van der Waals surface area contributed by atoms with Crippen LogP contribution in [-0.2, 0) is 11.3 Å². The molecule has 2 N–H and O–H groups in total. The second-order valence-corrected chi connectivity index (χ2v) is 5.35. The van der Waals surface area contributed by atoms with Gasteiger partial charge in [-0.1, -0.05) is 35.9 Å². The van der Waals surface area contributed by atoms with Gasteiger partial charge in [-0.15, -0.1) is 0 Å². The molecule has 1 heterocycles. The van der Waals surface area contributed by atoms with E-state index in [1.165, 1.54) is 4.57 Å². The Labute approximate surface area is 129 Å². The van der Waals surface area contributed by atoms with Gasteiger partial charge in [0.2, 0.25) is 5.91 Å². The number of benzene rings is 1. The second kappa shape index (κ2) is 7.04. The van der Waals surface area contributed by atoms with Crippen molar-refractivity contribution in [1.82, 2.24) is 9.88 Å². The second-order valence-electron chi connectivity index (χ2n) is 5.35. The maximum atomic E-state index is 11.9. The van der Waals surface area contributed by atoms with E-state index in [1.54, 1.807) is 25.3 Å². The largest absolute Gasteiger partial charge is 0.387 e. The molecule has 0 spiro atoms. The number of aliphatic hydroxyl groups is 1. The molecule has 0 saturated carbocycles. The molecule has 1 aromatic heterocycles. The molecule has 116 valence electrons. The lowest BCUT2D eigenvalue weighted by atomic mass is 10.1. The molecule has 0 aliphatic carbocycles. The van der Waals surface area contributed by atoms with Gasteiger partial charge in [0, 0.05) is 18.3 Å². The van der Waals surface area contributed by atoms with E-state index in [-0.39, 0.29) is 24.6 Å². The summed E-state index contributed by atoms with van der Waals surface area (Å²) in [6, 6.07) is 10.9. The van der Waals surface area contributed by atoms with Crippen LogP contribution in [0.4, 0.5) is 0 Å². The van der Waals surface area contributed by atoms with Crippen molar-refractivity contribution >= 4 is 5.91 Å². The van der Waals surface area contributed by atoms with Crippen molar-refractivity contribution in [2.45, 2.75) is 26.5 Å². The van der Waals surface area contributed by atoms with Crippen molar-refractivity contribution in [1.29, 1.82) is 0 Å². The fourth-order valence-corrected chi connectivity index (χ4v) is 2.11. The molecule has 5 heteroatoms. The van der Waals surface area contributed by atoms with Gasteiger partial charge in [-0.25, -0.2) is 0 Å². The molecule has 1 unspecified atom stereocenters. The minimum atomic E-state index is -0.765. The summed E-state index contributed by atoms with van der Waals surface area (Å²) in [4.78, 5) is 23.7. The summed E-state index contributed by atoms with van der Waals surface area (Å²) < 4.78 is 1.35. The highest BCUT2D eigenvalue weighted by atomic mass is 16.3. The van der Waals surface area contributed by atoms with Crippen molar-refractivity contribution < 1.29 is 9.90 Å². The zero-order chi connectivity index (χ0) is 16.1. The lowest BCUT2D eigenvalue weighted by Gasteiger charge is -2.13.